The van der Waals surface area contributed by atoms with Gasteiger partial charge in [-0.15, -0.1) is 0 Å². The Bertz CT molecular complexity index is 454. The summed E-state index contributed by atoms with van der Waals surface area (Å²) >= 11 is 0. The minimum absolute atomic E-state index is 0.604. The maximum absolute atomic E-state index is 4.36. The highest BCUT2D eigenvalue weighted by Gasteiger charge is 2.32. The summed E-state index contributed by atoms with van der Waals surface area (Å²) in [7, 11) is 0. The molecule has 0 amide bonds. The summed E-state index contributed by atoms with van der Waals surface area (Å²) in [6, 6.07) is 3.40. The lowest BCUT2D eigenvalue weighted by atomic mass is 9.82. The molecule has 1 aliphatic heterocycles. The van der Waals surface area contributed by atoms with Gasteiger partial charge in [-0.2, -0.15) is 0 Å². The molecule has 0 aromatic carbocycles. The molecular weight excluding hydrogens is 258 g/mol. The van der Waals surface area contributed by atoms with E-state index in [2.05, 4.69) is 41.3 Å². The molecule has 21 heavy (non-hydrogen) atoms. The van der Waals surface area contributed by atoms with Crippen LogP contribution in [0, 0.1) is 12.8 Å². The van der Waals surface area contributed by atoms with Crippen LogP contribution in [0.5, 0.6) is 0 Å². The topological polar surface area (TPSA) is 28.2 Å². The van der Waals surface area contributed by atoms with Crippen LogP contribution in [0.2, 0.25) is 0 Å². The van der Waals surface area contributed by atoms with Gasteiger partial charge in [-0.3, -0.25) is 4.98 Å². The van der Waals surface area contributed by atoms with Crippen molar-refractivity contribution in [3.8, 4) is 0 Å². The average molecular weight is 287 g/mol. The fourth-order valence-corrected chi connectivity index (χ4v) is 4.09. The summed E-state index contributed by atoms with van der Waals surface area (Å²) in [6.45, 7) is 6.77. The van der Waals surface area contributed by atoms with E-state index in [-0.39, 0.29) is 0 Å². The predicted molar refractivity (Wildman–Crippen MR) is 88.8 cm³/mol. The Morgan fingerprint density at radius 1 is 1.29 bits per heavy atom. The van der Waals surface area contributed by atoms with Gasteiger partial charge in [-0.1, -0.05) is 26.2 Å². The largest absolute Gasteiger partial charge is 0.364 e. The Hall–Kier alpha value is -1.09. The van der Waals surface area contributed by atoms with Crippen molar-refractivity contribution in [1.82, 2.24) is 10.3 Å². The minimum Gasteiger partial charge on any atom is -0.364 e. The molecule has 3 rings (SSSR count). The number of aryl methyl sites for hydroxylation is 1. The van der Waals surface area contributed by atoms with Crippen molar-refractivity contribution < 1.29 is 0 Å². The lowest BCUT2D eigenvalue weighted by Crippen LogP contribution is -2.59. The SMILES string of the molecule is CCC1CNC(C2CCCCC2)CN1c1cnccc1C. The fourth-order valence-electron chi connectivity index (χ4n) is 4.09. The number of aromatic nitrogens is 1. The molecule has 1 aliphatic carbocycles. The quantitative estimate of drug-likeness (QED) is 0.922. The van der Waals surface area contributed by atoms with Crippen LogP contribution < -0.4 is 10.2 Å². The highest BCUT2D eigenvalue weighted by atomic mass is 15.2. The molecule has 2 heterocycles. The Labute approximate surface area is 129 Å². The molecule has 0 radical (unpaired) electrons. The molecule has 3 heteroatoms. The molecule has 2 unspecified atom stereocenters. The van der Waals surface area contributed by atoms with E-state index in [0.29, 0.717) is 12.1 Å². The minimum atomic E-state index is 0.604. The summed E-state index contributed by atoms with van der Waals surface area (Å²) in [6.07, 6.45) is 12.3. The number of anilines is 1. The Kier molecular flexibility index (Phi) is 4.79. The van der Waals surface area contributed by atoms with Crippen molar-refractivity contribution in [2.24, 2.45) is 5.92 Å². The molecule has 0 bridgehead atoms. The molecule has 116 valence electrons. The normalized spacial score (nSPS) is 27.8. The van der Waals surface area contributed by atoms with Crippen LogP contribution >= 0.6 is 0 Å². The first-order chi connectivity index (χ1) is 10.3. The van der Waals surface area contributed by atoms with Crippen molar-refractivity contribution in [2.45, 2.75) is 64.5 Å². The van der Waals surface area contributed by atoms with E-state index in [0.717, 1.165) is 19.0 Å². The lowest BCUT2D eigenvalue weighted by Gasteiger charge is -2.45. The molecule has 1 N–H and O–H groups in total. The van der Waals surface area contributed by atoms with Gasteiger partial charge in [-0.25, -0.2) is 0 Å². The van der Waals surface area contributed by atoms with Crippen molar-refractivity contribution in [3.63, 3.8) is 0 Å². The van der Waals surface area contributed by atoms with Crippen molar-refractivity contribution in [2.75, 3.05) is 18.0 Å². The number of hydrogen-bond donors (Lipinski definition) is 1. The second kappa shape index (κ2) is 6.78. The summed E-state index contributed by atoms with van der Waals surface area (Å²) in [5.74, 6) is 0.871. The third-order valence-corrected chi connectivity index (χ3v) is 5.46. The highest BCUT2D eigenvalue weighted by Crippen LogP contribution is 2.31. The van der Waals surface area contributed by atoms with Gasteiger partial charge in [0.05, 0.1) is 11.9 Å². The molecule has 0 spiro atoms. The van der Waals surface area contributed by atoms with Crippen LogP contribution in [0.4, 0.5) is 5.69 Å². The summed E-state index contributed by atoms with van der Waals surface area (Å²) in [4.78, 5) is 6.99. The van der Waals surface area contributed by atoms with Gasteiger partial charge in [-0.05, 0) is 43.7 Å². The first kappa shape index (κ1) is 14.8. The molecule has 2 atom stereocenters. The maximum Gasteiger partial charge on any atom is 0.0585 e. The Morgan fingerprint density at radius 3 is 2.81 bits per heavy atom. The van der Waals surface area contributed by atoms with Gasteiger partial charge >= 0.3 is 0 Å². The molecule has 1 saturated heterocycles. The fraction of sp³-hybridized carbons (Fsp3) is 0.722. The Balaban J connectivity index is 1.77. The first-order valence-electron chi connectivity index (χ1n) is 8.70. The van der Waals surface area contributed by atoms with E-state index >= 15 is 0 Å². The van der Waals surface area contributed by atoms with E-state index in [1.165, 1.54) is 49.8 Å². The first-order valence-corrected chi connectivity index (χ1v) is 8.70. The van der Waals surface area contributed by atoms with Crippen LogP contribution in [-0.4, -0.2) is 30.2 Å². The van der Waals surface area contributed by atoms with Gasteiger partial charge < -0.3 is 10.2 Å². The van der Waals surface area contributed by atoms with E-state index in [1.807, 2.05) is 6.20 Å². The summed E-state index contributed by atoms with van der Waals surface area (Å²) in [5, 5.41) is 3.85. The number of pyridine rings is 1. The zero-order valence-electron chi connectivity index (χ0n) is 13.5. The molecule has 1 saturated carbocycles. The van der Waals surface area contributed by atoms with Crippen LogP contribution in [-0.2, 0) is 0 Å². The van der Waals surface area contributed by atoms with Crippen molar-refractivity contribution >= 4 is 5.69 Å². The molecular formula is C18H29N3. The maximum atomic E-state index is 4.36. The molecule has 2 fully saturated rings. The zero-order chi connectivity index (χ0) is 14.7. The summed E-state index contributed by atoms with van der Waals surface area (Å²) < 4.78 is 0. The molecule has 3 nitrogen and oxygen atoms in total. The average Bonchev–Trinajstić information content (AvgIpc) is 2.55. The van der Waals surface area contributed by atoms with Gasteiger partial charge in [0.25, 0.3) is 0 Å². The number of nitrogens with one attached hydrogen (secondary N) is 1. The third kappa shape index (κ3) is 3.23. The van der Waals surface area contributed by atoms with Gasteiger partial charge in [0, 0.05) is 31.4 Å². The number of nitrogens with zero attached hydrogens (tertiary/aromatic N) is 2. The highest BCUT2D eigenvalue weighted by molar-refractivity contribution is 5.52. The monoisotopic (exact) mass is 287 g/mol. The second-order valence-corrected chi connectivity index (χ2v) is 6.79. The van der Waals surface area contributed by atoms with E-state index in [1.54, 1.807) is 0 Å². The second-order valence-electron chi connectivity index (χ2n) is 6.79. The standard InChI is InChI=1S/C18H29N3/c1-3-16-11-20-17(15-7-5-4-6-8-15)13-21(16)18-12-19-10-9-14(18)2/h9-10,12,15-17,20H,3-8,11,13H2,1-2H3. The smallest absolute Gasteiger partial charge is 0.0585 e. The van der Waals surface area contributed by atoms with Crippen molar-refractivity contribution in [1.29, 1.82) is 0 Å². The lowest BCUT2D eigenvalue weighted by molar-refractivity contribution is 0.240. The van der Waals surface area contributed by atoms with Crippen molar-refractivity contribution in [3.05, 3.63) is 24.0 Å². The Morgan fingerprint density at radius 2 is 2.10 bits per heavy atom. The molecule has 1 aromatic rings. The van der Waals surface area contributed by atoms with Crippen LogP contribution in [0.15, 0.2) is 18.5 Å². The number of piperazine rings is 1. The van der Waals surface area contributed by atoms with Crippen LogP contribution in [0.3, 0.4) is 0 Å². The molecule has 1 aromatic heterocycles. The van der Waals surface area contributed by atoms with E-state index in [9.17, 15) is 0 Å². The van der Waals surface area contributed by atoms with Crippen LogP contribution in [0.25, 0.3) is 0 Å². The number of hydrogen-bond acceptors (Lipinski definition) is 3. The summed E-state index contributed by atoms with van der Waals surface area (Å²) in [5.41, 5.74) is 2.69. The van der Waals surface area contributed by atoms with Crippen LogP contribution in [0.1, 0.15) is 51.0 Å². The third-order valence-electron chi connectivity index (χ3n) is 5.46. The zero-order valence-corrected chi connectivity index (χ0v) is 13.5. The van der Waals surface area contributed by atoms with Gasteiger partial charge in [0.2, 0.25) is 0 Å². The number of rotatable bonds is 3. The predicted octanol–water partition coefficient (Wildman–Crippen LogP) is 3.53. The van der Waals surface area contributed by atoms with E-state index < -0.39 is 0 Å². The molecule has 2 aliphatic rings. The van der Waals surface area contributed by atoms with Gasteiger partial charge in [0.15, 0.2) is 0 Å². The van der Waals surface area contributed by atoms with Gasteiger partial charge in [0.1, 0.15) is 0 Å². The van der Waals surface area contributed by atoms with E-state index in [4.69, 9.17) is 0 Å².